The van der Waals surface area contributed by atoms with Crippen LogP contribution in [0.3, 0.4) is 0 Å². The maximum atomic E-state index is 13.5. The molecular weight excluding hydrogens is 411 g/mol. The van der Waals surface area contributed by atoms with Crippen molar-refractivity contribution in [2.45, 2.75) is 58.3 Å². The van der Waals surface area contributed by atoms with Gasteiger partial charge in [-0.2, -0.15) is 5.10 Å². The van der Waals surface area contributed by atoms with Gasteiger partial charge in [-0.25, -0.2) is 9.18 Å². The number of carbonyl (C=O) groups excluding carboxylic acids is 2. The molecule has 3 atom stereocenters. The quantitative estimate of drug-likeness (QED) is 0.751. The van der Waals surface area contributed by atoms with Crippen LogP contribution in [0.25, 0.3) is 0 Å². The molecular formula is C23H29FN6O2. The Labute approximate surface area is 186 Å². The molecule has 0 bridgehead atoms. The molecule has 2 fully saturated rings. The second-order valence-corrected chi connectivity index (χ2v) is 9.26. The van der Waals surface area contributed by atoms with E-state index in [1.807, 2.05) is 16.7 Å². The van der Waals surface area contributed by atoms with E-state index in [-0.39, 0.29) is 29.8 Å². The number of benzene rings is 1. The number of anilines is 1. The average molecular weight is 441 g/mol. The molecule has 1 aromatic heterocycles. The number of urea groups is 1. The first-order valence-corrected chi connectivity index (χ1v) is 11.3. The van der Waals surface area contributed by atoms with E-state index in [4.69, 9.17) is 0 Å². The first-order chi connectivity index (χ1) is 15.3. The molecule has 170 valence electrons. The highest BCUT2D eigenvalue weighted by molar-refractivity contribution is 6.04. The summed E-state index contributed by atoms with van der Waals surface area (Å²) in [6.45, 7) is 8.92. The summed E-state index contributed by atoms with van der Waals surface area (Å²) in [6, 6.07) is 4.76. The van der Waals surface area contributed by atoms with E-state index in [2.05, 4.69) is 27.3 Å². The smallest absolute Gasteiger partial charge is 0.319 e. The van der Waals surface area contributed by atoms with Crippen molar-refractivity contribution >= 4 is 17.8 Å². The van der Waals surface area contributed by atoms with E-state index in [9.17, 15) is 14.0 Å². The Bertz CT molecular complexity index is 1070. The molecule has 0 saturated carbocycles. The SMILES string of the molecule is Cc1cc(C(=O)Nc2n[nH]c3c2CN(C(=O)N2C[C@@H]4CCCN4C[C@@H]2C)C3C)ccc1F. The number of fused-ring (bicyclic) bond motifs is 2. The number of H-pyrrole nitrogens is 1. The summed E-state index contributed by atoms with van der Waals surface area (Å²) >= 11 is 0. The van der Waals surface area contributed by atoms with Crippen molar-refractivity contribution in [3.05, 3.63) is 46.4 Å². The van der Waals surface area contributed by atoms with Gasteiger partial charge in [0.1, 0.15) is 5.82 Å². The van der Waals surface area contributed by atoms with E-state index in [1.165, 1.54) is 24.6 Å². The molecule has 2 N–H and O–H groups in total. The van der Waals surface area contributed by atoms with Gasteiger partial charge in [-0.05, 0) is 63.9 Å². The van der Waals surface area contributed by atoms with Crippen LogP contribution in [0.1, 0.15) is 59.9 Å². The highest BCUT2D eigenvalue weighted by Gasteiger charge is 2.42. The third-order valence-electron chi connectivity index (χ3n) is 7.19. The largest absolute Gasteiger partial charge is 0.321 e. The number of carbonyl (C=O) groups is 2. The number of hydrogen-bond acceptors (Lipinski definition) is 4. The van der Waals surface area contributed by atoms with Crippen molar-refractivity contribution in [3.63, 3.8) is 0 Å². The average Bonchev–Trinajstić information content (AvgIpc) is 3.46. The molecule has 1 unspecified atom stereocenters. The predicted octanol–water partition coefficient (Wildman–Crippen LogP) is 3.27. The van der Waals surface area contributed by atoms with Gasteiger partial charge in [0, 0.05) is 36.3 Å². The van der Waals surface area contributed by atoms with Crippen molar-refractivity contribution in [1.29, 1.82) is 0 Å². The molecule has 2 aromatic rings. The van der Waals surface area contributed by atoms with Crippen molar-refractivity contribution < 1.29 is 14.0 Å². The lowest BCUT2D eigenvalue weighted by Crippen LogP contribution is -2.59. The monoisotopic (exact) mass is 440 g/mol. The van der Waals surface area contributed by atoms with Crippen molar-refractivity contribution in [1.82, 2.24) is 24.9 Å². The minimum atomic E-state index is -0.356. The number of aromatic amines is 1. The van der Waals surface area contributed by atoms with E-state index >= 15 is 0 Å². The van der Waals surface area contributed by atoms with Crippen LogP contribution in [0, 0.1) is 12.7 Å². The van der Waals surface area contributed by atoms with Gasteiger partial charge in [-0.3, -0.25) is 14.8 Å². The van der Waals surface area contributed by atoms with Crippen LogP contribution in [0.5, 0.6) is 0 Å². The Balaban J connectivity index is 1.31. The molecule has 3 amide bonds. The molecule has 5 rings (SSSR count). The van der Waals surface area contributed by atoms with Gasteiger partial charge in [0.2, 0.25) is 0 Å². The number of nitrogens with zero attached hydrogens (tertiary/aromatic N) is 4. The zero-order valence-corrected chi connectivity index (χ0v) is 18.7. The molecule has 8 nitrogen and oxygen atoms in total. The third kappa shape index (κ3) is 3.44. The second kappa shape index (κ2) is 7.88. The Morgan fingerprint density at radius 1 is 1.22 bits per heavy atom. The molecule has 1 aromatic carbocycles. The van der Waals surface area contributed by atoms with Crippen LogP contribution >= 0.6 is 0 Å². The van der Waals surface area contributed by atoms with Gasteiger partial charge in [-0.1, -0.05) is 0 Å². The lowest BCUT2D eigenvalue weighted by molar-refractivity contribution is 0.0580. The summed E-state index contributed by atoms with van der Waals surface area (Å²) in [4.78, 5) is 32.5. The predicted molar refractivity (Wildman–Crippen MR) is 118 cm³/mol. The summed E-state index contributed by atoms with van der Waals surface area (Å²) < 4.78 is 13.5. The molecule has 2 saturated heterocycles. The van der Waals surface area contributed by atoms with Gasteiger partial charge >= 0.3 is 6.03 Å². The van der Waals surface area contributed by atoms with Crippen molar-refractivity contribution in [2.75, 3.05) is 25.0 Å². The van der Waals surface area contributed by atoms with Crippen molar-refractivity contribution in [3.8, 4) is 0 Å². The fraction of sp³-hybridized carbons (Fsp3) is 0.522. The standard InChI is InChI=1S/C23H29FN6O2/c1-13-9-16(6-7-19(13)24)22(31)25-21-18-12-30(15(3)20(18)26-27-21)23(32)29-11-17-5-4-8-28(17)10-14(29)2/h6-7,9,14-15,17H,4-5,8,10-12H2,1-3H3,(H2,25,26,27,31)/t14-,15?,17-/m0/s1. The van der Waals surface area contributed by atoms with Crippen LogP contribution in [0.4, 0.5) is 15.0 Å². The van der Waals surface area contributed by atoms with Gasteiger partial charge in [0.05, 0.1) is 18.3 Å². The lowest BCUT2D eigenvalue weighted by atomic mass is 10.1. The first-order valence-electron chi connectivity index (χ1n) is 11.3. The number of aromatic nitrogens is 2. The number of nitrogens with one attached hydrogen (secondary N) is 2. The number of rotatable bonds is 2. The highest BCUT2D eigenvalue weighted by Crippen LogP contribution is 2.37. The highest BCUT2D eigenvalue weighted by atomic mass is 19.1. The van der Waals surface area contributed by atoms with Gasteiger partial charge in [0.15, 0.2) is 5.82 Å². The van der Waals surface area contributed by atoms with Gasteiger partial charge < -0.3 is 15.1 Å². The second-order valence-electron chi connectivity index (χ2n) is 9.26. The van der Waals surface area contributed by atoms with Crippen LogP contribution in [0.2, 0.25) is 0 Å². The maximum absolute atomic E-state index is 13.5. The Morgan fingerprint density at radius 2 is 2.03 bits per heavy atom. The van der Waals surface area contributed by atoms with Crippen LogP contribution < -0.4 is 5.32 Å². The normalized spacial score (nSPS) is 25.1. The number of amides is 3. The minimum Gasteiger partial charge on any atom is -0.319 e. The molecule has 9 heteroatoms. The Morgan fingerprint density at radius 3 is 2.81 bits per heavy atom. The summed E-state index contributed by atoms with van der Waals surface area (Å²) in [5.41, 5.74) is 2.44. The fourth-order valence-corrected chi connectivity index (χ4v) is 5.27. The zero-order valence-electron chi connectivity index (χ0n) is 18.7. The molecule has 3 aliphatic heterocycles. The van der Waals surface area contributed by atoms with Gasteiger partial charge in [0.25, 0.3) is 5.91 Å². The van der Waals surface area contributed by atoms with Gasteiger partial charge in [-0.15, -0.1) is 0 Å². The zero-order chi connectivity index (χ0) is 22.6. The Kier molecular flexibility index (Phi) is 5.16. The number of aryl methyl sites for hydroxylation is 1. The summed E-state index contributed by atoms with van der Waals surface area (Å²) in [5, 5.41) is 10.1. The summed E-state index contributed by atoms with van der Waals surface area (Å²) in [7, 11) is 0. The van der Waals surface area contributed by atoms with Crippen molar-refractivity contribution in [2.24, 2.45) is 0 Å². The van der Waals surface area contributed by atoms with E-state index in [1.54, 1.807) is 6.92 Å². The van der Waals surface area contributed by atoms with E-state index < -0.39 is 0 Å². The molecule has 0 spiro atoms. The molecule has 4 heterocycles. The summed E-state index contributed by atoms with van der Waals surface area (Å²) in [6.07, 6.45) is 2.35. The van der Waals surface area contributed by atoms with Crippen LogP contribution in [-0.4, -0.2) is 68.6 Å². The van der Waals surface area contributed by atoms with Crippen LogP contribution in [0.15, 0.2) is 18.2 Å². The van der Waals surface area contributed by atoms with E-state index in [0.717, 1.165) is 37.3 Å². The topological polar surface area (TPSA) is 84.6 Å². The molecule has 0 aliphatic carbocycles. The molecule has 3 aliphatic rings. The van der Waals surface area contributed by atoms with E-state index in [0.29, 0.717) is 29.5 Å². The van der Waals surface area contributed by atoms with Crippen LogP contribution in [-0.2, 0) is 6.54 Å². The maximum Gasteiger partial charge on any atom is 0.321 e. The summed E-state index contributed by atoms with van der Waals surface area (Å²) in [5.74, 6) is -0.286. The third-order valence-corrected chi connectivity index (χ3v) is 7.19. The number of piperazine rings is 1. The minimum absolute atomic E-state index is 0.0348. The number of halogens is 1. The fourth-order valence-electron chi connectivity index (χ4n) is 5.27. The molecule has 0 radical (unpaired) electrons. The number of hydrogen-bond donors (Lipinski definition) is 2. The first kappa shape index (κ1) is 20.9. The molecule has 32 heavy (non-hydrogen) atoms. The lowest BCUT2D eigenvalue weighted by Gasteiger charge is -2.44. The Hall–Kier alpha value is -2.94.